The van der Waals surface area contributed by atoms with Crippen LogP contribution in [0, 0.1) is 6.92 Å². The van der Waals surface area contributed by atoms with Gasteiger partial charge in [0.15, 0.2) is 0 Å². The fraction of sp³-hybridized carbons (Fsp3) is 0.462. The average Bonchev–Trinajstić information content (AvgIpc) is 3.05. The number of H-pyrrole nitrogens is 1. The summed E-state index contributed by atoms with van der Waals surface area (Å²) in [6.07, 6.45) is 0.724. The summed E-state index contributed by atoms with van der Waals surface area (Å²) in [6.45, 7) is 3.61. The molecule has 21 heavy (non-hydrogen) atoms. The van der Waals surface area contributed by atoms with Gasteiger partial charge in [0.25, 0.3) is 0 Å². The Hall–Kier alpha value is -1.22. The Balaban J connectivity index is 2.06. The van der Waals surface area contributed by atoms with Crippen molar-refractivity contribution in [2.75, 3.05) is 6.54 Å². The summed E-state index contributed by atoms with van der Waals surface area (Å²) in [7, 11) is -3.68. The fourth-order valence-electron chi connectivity index (χ4n) is 2.85. The first-order valence-electron chi connectivity index (χ1n) is 6.69. The van der Waals surface area contributed by atoms with Crippen molar-refractivity contribution >= 4 is 21.4 Å². The number of hydrogen-bond acceptors (Lipinski definition) is 5. The van der Waals surface area contributed by atoms with Gasteiger partial charge in [-0.2, -0.15) is 9.40 Å². The van der Waals surface area contributed by atoms with Gasteiger partial charge in [-0.25, -0.2) is 8.42 Å². The molecular formula is C13H17N3O3S2. The number of aliphatic hydroxyl groups is 1. The number of nitrogens with zero attached hydrogens (tertiary/aromatic N) is 2. The third kappa shape index (κ3) is 2.22. The van der Waals surface area contributed by atoms with E-state index in [-0.39, 0.29) is 16.6 Å². The number of sulfonamides is 1. The zero-order valence-corrected chi connectivity index (χ0v) is 13.5. The minimum atomic E-state index is -3.68. The van der Waals surface area contributed by atoms with Crippen molar-refractivity contribution in [3.63, 3.8) is 0 Å². The van der Waals surface area contributed by atoms with Crippen LogP contribution in [0.4, 0.5) is 0 Å². The molecule has 0 bridgehead atoms. The maximum absolute atomic E-state index is 12.9. The topological polar surface area (TPSA) is 86.3 Å². The molecule has 0 radical (unpaired) electrons. The van der Waals surface area contributed by atoms with Gasteiger partial charge in [0.05, 0.1) is 12.3 Å². The molecular weight excluding hydrogens is 310 g/mol. The van der Waals surface area contributed by atoms with Crippen LogP contribution in [0.2, 0.25) is 0 Å². The minimum absolute atomic E-state index is 0.107. The van der Waals surface area contributed by atoms with Gasteiger partial charge in [-0.3, -0.25) is 5.10 Å². The highest BCUT2D eigenvalue weighted by molar-refractivity contribution is 7.89. The van der Waals surface area contributed by atoms with Crippen molar-refractivity contribution in [1.82, 2.24) is 14.5 Å². The Labute approximate surface area is 127 Å². The Kier molecular flexibility index (Phi) is 3.64. The lowest BCUT2D eigenvalue weighted by atomic mass is 10.0. The molecule has 2 aromatic rings. The fourth-order valence-corrected chi connectivity index (χ4v) is 5.75. The molecule has 1 unspecified atom stereocenters. The van der Waals surface area contributed by atoms with E-state index in [1.54, 1.807) is 18.3 Å². The summed E-state index contributed by atoms with van der Waals surface area (Å²) in [5.74, 6) is 0. The molecule has 2 aromatic heterocycles. The Morgan fingerprint density at radius 3 is 3.05 bits per heavy atom. The highest BCUT2D eigenvalue weighted by Crippen LogP contribution is 2.37. The van der Waals surface area contributed by atoms with E-state index >= 15 is 0 Å². The van der Waals surface area contributed by atoms with Crippen LogP contribution >= 0.6 is 11.3 Å². The molecule has 1 aliphatic rings. The predicted octanol–water partition coefficient (Wildman–Crippen LogP) is 1.58. The molecule has 3 heterocycles. The maximum Gasteiger partial charge on any atom is 0.247 e. The number of aryl methyl sites for hydroxylation is 1. The first-order valence-corrected chi connectivity index (χ1v) is 9.01. The van der Waals surface area contributed by atoms with Crippen LogP contribution < -0.4 is 0 Å². The number of fused-ring (bicyclic) bond motifs is 1. The van der Waals surface area contributed by atoms with Crippen LogP contribution in [0.15, 0.2) is 16.3 Å². The molecule has 1 aliphatic heterocycles. The second-order valence-electron chi connectivity index (χ2n) is 5.12. The van der Waals surface area contributed by atoms with Gasteiger partial charge >= 0.3 is 0 Å². The molecule has 0 aromatic carbocycles. The summed E-state index contributed by atoms with van der Waals surface area (Å²) in [5, 5.41) is 17.8. The predicted molar refractivity (Wildman–Crippen MR) is 79.6 cm³/mol. The van der Waals surface area contributed by atoms with E-state index < -0.39 is 16.6 Å². The van der Waals surface area contributed by atoms with Crippen molar-refractivity contribution in [2.24, 2.45) is 0 Å². The number of hydrogen-bond donors (Lipinski definition) is 2. The van der Waals surface area contributed by atoms with Gasteiger partial charge in [-0.15, -0.1) is 11.3 Å². The third-order valence-electron chi connectivity index (χ3n) is 3.90. The molecule has 8 heteroatoms. The number of aromatic nitrogens is 2. The quantitative estimate of drug-likeness (QED) is 0.896. The van der Waals surface area contributed by atoms with Crippen molar-refractivity contribution in [3.05, 3.63) is 33.3 Å². The van der Waals surface area contributed by atoms with Gasteiger partial charge in [0.1, 0.15) is 10.6 Å². The van der Waals surface area contributed by atoms with E-state index in [1.165, 1.54) is 9.18 Å². The molecule has 0 aliphatic carbocycles. The van der Waals surface area contributed by atoms with Crippen molar-refractivity contribution in [1.29, 1.82) is 0 Å². The number of rotatable bonds is 3. The van der Waals surface area contributed by atoms with Crippen molar-refractivity contribution in [3.8, 4) is 0 Å². The normalized spacial score (nSPS) is 19.7. The number of thiophene rings is 1. The van der Waals surface area contributed by atoms with E-state index in [9.17, 15) is 13.5 Å². The van der Waals surface area contributed by atoms with Gasteiger partial charge in [-0.05, 0) is 37.3 Å². The Morgan fingerprint density at radius 1 is 1.57 bits per heavy atom. The van der Waals surface area contributed by atoms with E-state index in [4.69, 9.17) is 0 Å². The lowest BCUT2D eigenvalue weighted by molar-refractivity contribution is 0.272. The Morgan fingerprint density at radius 2 is 2.33 bits per heavy atom. The molecule has 3 rings (SSSR count). The van der Waals surface area contributed by atoms with E-state index in [2.05, 4.69) is 10.2 Å². The Bertz CT molecular complexity index is 763. The second-order valence-corrected chi connectivity index (χ2v) is 7.95. The summed E-state index contributed by atoms with van der Waals surface area (Å²) < 4.78 is 27.4. The number of aliphatic hydroxyl groups excluding tert-OH is 1. The van der Waals surface area contributed by atoms with Crippen molar-refractivity contribution < 1.29 is 13.5 Å². The molecule has 0 spiro atoms. The smallest absolute Gasteiger partial charge is 0.247 e. The van der Waals surface area contributed by atoms with Crippen LogP contribution in [-0.2, 0) is 23.1 Å². The van der Waals surface area contributed by atoms with Gasteiger partial charge in [0, 0.05) is 17.5 Å². The summed E-state index contributed by atoms with van der Waals surface area (Å²) in [4.78, 5) is 1.36. The summed E-state index contributed by atoms with van der Waals surface area (Å²) in [6, 6.07) is 1.78. The van der Waals surface area contributed by atoms with Crippen LogP contribution in [0.1, 0.15) is 34.8 Å². The highest BCUT2D eigenvalue weighted by atomic mass is 32.2. The SMILES string of the molecule is Cc1[nH]nc(CO)c1S(=O)(=O)N1CCc2sccc2C1C. The molecule has 0 saturated heterocycles. The van der Waals surface area contributed by atoms with Crippen LogP contribution in [0.25, 0.3) is 0 Å². The zero-order valence-electron chi connectivity index (χ0n) is 11.8. The van der Waals surface area contributed by atoms with Crippen LogP contribution in [-0.4, -0.2) is 34.6 Å². The first-order chi connectivity index (χ1) is 9.96. The molecule has 6 nitrogen and oxygen atoms in total. The van der Waals surface area contributed by atoms with Gasteiger partial charge in [-0.1, -0.05) is 0 Å². The second kappa shape index (κ2) is 5.20. The molecule has 1 atom stereocenters. The van der Waals surface area contributed by atoms with Crippen LogP contribution in [0.3, 0.4) is 0 Å². The lowest BCUT2D eigenvalue weighted by Gasteiger charge is -2.32. The van der Waals surface area contributed by atoms with E-state index in [0.29, 0.717) is 12.2 Å². The lowest BCUT2D eigenvalue weighted by Crippen LogP contribution is -2.38. The summed E-state index contributed by atoms with van der Waals surface area (Å²) >= 11 is 1.67. The molecule has 2 N–H and O–H groups in total. The van der Waals surface area contributed by atoms with Crippen molar-refractivity contribution in [2.45, 2.75) is 37.8 Å². The minimum Gasteiger partial charge on any atom is -0.390 e. The summed E-state index contributed by atoms with van der Waals surface area (Å²) in [5.41, 5.74) is 1.71. The third-order valence-corrected chi connectivity index (χ3v) is 7.07. The van der Waals surface area contributed by atoms with Crippen LogP contribution in [0.5, 0.6) is 0 Å². The molecule has 0 fully saturated rings. The largest absolute Gasteiger partial charge is 0.390 e. The maximum atomic E-state index is 12.9. The first kappa shape index (κ1) is 14.7. The van der Waals surface area contributed by atoms with E-state index in [0.717, 1.165) is 12.0 Å². The molecule has 114 valence electrons. The number of aromatic amines is 1. The molecule has 0 amide bonds. The standard InChI is InChI=1S/C13H17N3O3S2/c1-8-13(11(7-17)15-14-8)21(18,19)16-5-3-12-10(9(16)2)4-6-20-12/h4,6,9,17H,3,5,7H2,1-2H3,(H,14,15). The van der Waals surface area contributed by atoms with Gasteiger partial charge in [0.2, 0.25) is 10.0 Å². The van der Waals surface area contributed by atoms with E-state index in [1.807, 2.05) is 18.4 Å². The average molecular weight is 327 g/mol. The monoisotopic (exact) mass is 327 g/mol. The zero-order chi connectivity index (χ0) is 15.2. The molecule has 0 saturated carbocycles. The highest BCUT2D eigenvalue weighted by Gasteiger charge is 2.37. The van der Waals surface area contributed by atoms with Gasteiger partial charge < -0.3 is 5.11 Å². The number of nitrogens with one attached hydrogen (secondary N) is 1.